The maximum Gasteiger partial charge on any atom is 0.269 e. The van der Waals surface area contributed by atoms with Gasteiger partial charge in [-0.25, -0.2) is 4.68 Å². The summed E-state index contributed by atoms with van der Waals surface area (Å²) in [7, 11) is 0. The Morgan fingerprint density at radius 1 is 1.19 bits per heavy atom. The third-order valence-electron chi connectivity index (χ3n) is 3.68. The Labute approximate surface area is 154 Å². The average molecular weight is 371 g/mol. The smallest absolute Gasteiger partial charge is 0.269 e. The summed E-state index contributed by atoms with van der Waals surface area (Å²) in [5.41, 5.74) is 2.16. The largest absolute Gasteiger partial charge is 0.310 e. The molecule has 0 radical (unpaired) electrons. The van der Waals surface area contributed by atoms with Crippen LogP contribution in [0.4, 0.5) is 11.5 Å². The zero-order valence-electron chi connectivity index (χ0n) is 13.8. The summed E-state index contributed by atoms with van der Waals surface area (Å²) in [5.74, 6) is 0.297. The van der Waals surface area contributed by atoms with Crippen molar-refractivity contribution in [1.29, 1.82) is 0 Å². The van der Waals surface area contributed by atoms with Crippen LogP contribution in [0.5, 0.6) is 0 Å². The molecule has 132 valence electrons. The first kappa shape index (κ1) is 17.6. The Hall–Kier alpha value is -3.19. The van der Waals surface area contributed by atoms with Crippen LogP contribution < -0.4 is 5.32 Å². The molecule has 1 N–H and O–H groups in total. The van der Waals surface area contributed by atoms with Crippen LogP contribution in [0.3, 0.4) is 0 Å². The van der Waals surface area contributed by atoms with Gasteiger partial charge in [0, 0.05) is 23.2 Å². The van der Waals surface area contributed by atoms with E-state index in [2.05, 4.69) is 10.4 Å². The molecule has 0 unspecified atom stereocenters. The second-order valence-electron chi connectivity index (χ2n) is 5.71. The molecule has 1 heterocycles. The number of carbonyl (C=O) groups is 1. The highest BCUT2D eigenvalue weighted by molar-refractivity contribution is 6.30. The molecular formula is C18H15ClN4O3. The topological polar surface area (TPSA) is 90.1 Å². The standard InChI is InChI=1S/C18H15ClN4O3/c1-12-10-17(20-18(24)11-13-2-4-14(19)5-3-13)22(21-12)15-6-8-16(9-7-15)23(25)26/h2-10H,11H2,1H3,(H,20,24). The van der Waals surface area contributed by atoms with Crippen molar-refractivity contribution >= 4 is 29.0 Å². The number of nitro benzene ring substituents is 1. The van der Waals surface area contributed by atoms with Crippen molar-refractivity contribution in [3.63, 3.8) is 0 Å². The number of amides is 1. The second kappa shape index (κ2) is 7.37. The summed E-state index contributed by atoms with van der Waals surface area (Å²) in [4.78, 5) is 22.6. The van der Waals surface area contributed by atoms with Crippen molar-refractivity contribution in [2.24, 2.45) is 0 Å². The number of aromatic nitrogens is 2. The minimum absolute atomic E-state index is 0.00838. The van der Waals surface area contributed by atoms with Gasteiger partial charge in [0.2, 0.25) is 5.91 Å². The number of non-ortho nitro benzene ring substituents is 1. The maximum absolute atomic E-state index is 12.3. The molecule has 0 saturated heterocycles. The number of aryl methyl sites for hydroxylation is 1. The molecule has 0 aliphatic heterocycles. The second-order valence-corrected chi connectivity index (χ2v) is 6.14. The van der Waals surface area contributed by atoms with Crippen LogP contribution in [0, 0.1) is 17.0 Å². The van der Waals surface area contributed by atoms with E-state index in [0.29, 0.717) is 22.2 Å². The third-order valence-corrected chi connectivity index (χ3v) is 3.93. The molecule has 0 spiro atoms. The SMILES string of the molecule is Cc1cc(NC(=O)Cc2ccc(Cl)cc2)n(-c2ccc([N+](=O)[O-])cc2)n1. The van der Waals surface area contributed by atoms with Crippen LogP contribution >= 0.6 is 11.6 Å². The number of nitro groups is 1. The molecule has 26 heavy (non-hydrogen) atoms. The predicted octanol–water partition coefficient (Wildman–Crippen LogP) is 3.92. The van der Waals surface area contributed by atoms with Gasteiger partial charge >= 0.3 is 0 Å². The first-order valence-electron chi connectivity index (χ1n) is 7.78. The van der Waals surface area contributed by atoms with E-state index in [4.69, 9.17) is 11.6 Å². The number of nitrogens with one attached hydrogen (secondary N) is 1. The number of carbonyl (C=O) groups excluding carboxylic acids is 1. The van der Waals surface area contributed by atoms with E-state index >= 15 is 0 Å². The predicted molar refractivity (Wildman–Crippen MR) is 98.7 cm³/mol. The van der Waals surface area contributed by atoms with E-state index in [-0.39, 0.29) is 18.0 Å². The minimum atomic E-state index is -0.465. The molecule has 7 nitrogen and oxygen atoms in total. The van der Waals surface area contributed by atoms with Gasteiger partial charge in [-0.15, -0.1) is 0 Å². The summed E-state index contributed by atoms with van der Waals surface area (Å²) in [6.45, 7) is 1.80. The molecule has 0 bridgehead atoms. The zero-order chi connectivity index (χ0) is 18.7. The van der Waals surface area contributed by atoms with E-state index in [1.165, 1.54) is 12.1 Å². The van der Waals surface area contributed by atoms with Crippen molar-refractivity contribution in [2.45, 2.75) is 13.3 Å². The lowest BCUT2D eigenvalue weighted by Crippen LogP contribution is -2.17. The van der Waals surface area contributed by atoms with Crippen molar-refractivity contribution in [1.82, 2.24) is 9.78 Å². The molecule has 0 saturated carbocycles. The molecule has 3 rings (SSSR count). The fourth-order valence-electron chi connectivity index (χ4n) is 2.48. The van der Waals surface area contributed by atoms with Gasteiger partial charge in [0.1, 0.15) is 5.82 Å². The fourth-order valence-corrected chi connectivity index (χ4v) is 2.60. The quantitative estimate of drug-likeness (QED) is 0.544. The number of halogens is 1. The lowest BCUT2D eigenvalue weighted by Gasteiger charge is -2.09. The van der Waals surface area contributed by atoms with Crippen LogP contribution in [0.15, 0.2) is 54.6 Å². The lowest BCUT2D eigenvalue weighted by atomic mass is 10.1. The molecular weight excluding hydrogens is 356 g/mol. The highest BCUT2D eigenvalue weighted by Gasteiger charge is 2.13. The van der Waals surface area contributed by atoms with Gasteiger partial charge in [0.15, 0.2) is 0 Å². The Kier molecular flexibility index (Phi) is 4.99. The molecule has 8 heteroatoms. The monoisotopic (exact) mass is 370 g/mol. The molecule has 1 amide bonds. The first-order chi connectivity index (χ1) is 12.4. The van der Waals surface area contributed by atoms with Crippen LogP contribution in [0.25, 0.3) is 5.69 Å². The number of benzene rings is 2. The van der Waals surface area contributed by atoms with Crippen LogP contribution in [-0.4, -0.2) is 20.6 Å². The van der Waals surface area contributed by atoms with Gasteiger partial charge in [-0.05, 0) is 36.8 Å². The van der Waals surface area contributed by atoms with E-state index in [0.717, 1.165) is 5.56 Å². The first-order valence-corrected chi connectivity index (χ1v) is 8.16. The molecule has 0 fully saturated rings. The van der Waals surface area contributed by atoms with E-state index in [1.54, 1.807) is 54.1 Å². The molecule has 3 aromatic rings. The molecule has 2 aromatic carbocycles. The molecule has 0 aliphatic carbocycles. The fraction of sp³-hybridized carbons (Fsp3) is 0.111. The summed E-state index contributed by atoms with van der Waals surface area (Å²) in [6, 6.07) is 14.7. The summed E-state index contributed by atoms with van der Waals surface area (Å²) < 4.78 is 1.54. The highest BCUT2D eigenvalue weighted by atomic mass is 35.5. The number of anilines is 1. The normalized spacial score (nSPS) is 10.5. The van der Waals surface area contributed by atoms with Gasteiger partial charge in [0.25, 0.3) is 5.69 Å². The number of hydrogen-bond donors (Lipinski definition) is 1. The van der Waals surface area contributed by atoms with Crippen LogP contribution in [-0.2, 0) is 11.2 Å². The Morgan fingerprint density at radius 2 is 1.85 bits per heavy atom. The number of rotatable bonds is 5. The van der Waals surface area contributed by atoms with Crippen molar-refractivity contribution < 1.29 is 9.72 Å². The highest BCUT2D eigenvalue weighted by Crippen LogP contribution is 2.20. The average Bonchev–Trinajstić information content (AvgIpc) is 2.97. The van der Waals surface area contributed by atoms with Gasteiger partial charge in [-0.2, -0.15) is 5.10 Å². The Bertz CT molecular complexity index is 950. The number of hydrogen-bond acceptors (Lipinski definition) is 4. The molecule has 0 aliphatic rings. The van der Waals surface area contributed by atoms with Crippen molar-refractivity contribution in [3.8, 4) is 5.69 Å². The van der Waals surface area contributed by atoms with E-state index in [9.17, 15) is 14.9 Å². The van der Waals surface area contributed by atoms with Crippen molar-refractivity contribution in [2.75, 3.05) is 5.32 Å². The van der Waals surface area contributed by atoms with E-state index in [1.807, 2.05) is 0 Å². The van der Waals surface area contributed by atoms with E-state index < -0.39 is 4.92 Å². The van der Waals surface area contributed by atoms with Crippen LogP contribution in [0.1, 0.15) is 11.3 Å². The van der Waals surface area contributed by atoms with Gasteiger partial charge in [-0.1, -0.05) is 23.7 Å². The summed E-state index contributed by atoms with van der Waals surface area (Å²) >= 11 is 5.85. The summed E-state index contributed by atoms with van der Waals surface area (Å²) in [5, 5.41) is 18.6. The lowest BCUT2D eigenvalue weighted by molar-refractivity contribution is -0.384. The van der Waals surface area contributed by atoms with Gasteiger partial charge < -0.3 is 5.32 Å². The summed E-state index contributed by atoms with van der Waals surface area (Å²) in [6.07, 6.45) is 0.196. The molecule has 0 atom stereocenters. The Morgan fingerprint density at radius 3 is 2.46 bits per heavy atom. The van der Waals surface area contributed by atoms with Crippen molar-refractivity contribution in [3.05, 3.63) is 81.0 Å². The maximum atomic E-state index is 12.3. The van der Waals surface area contributed by atoms with Gasteiger partial charge in [0.05, 0.1) is 22.7 Å². The Balaban J connectivity index is 1.79. The minimum Gasteiger partial charge on any atom is -0.310 e. The van der Waals surface area contributed by atoms with Gasteiger partial charge in [-0.3, -0.25) is 14.9 Å². The zero-order valence-corrected chi connectivity index (χ0v) is 14.6. The number of nitrogens with zero attached hydrogens (tertiary/aromatic N) is 3. The molecule has 1 aromatic heterocycles. The third kappa shape index (κ3) is 4.07. The van der Waals surface area contributed by atoms with Crippen LogP contribution in [0.2, 0.25) is 5.02 Å².